The van der Waals surface area contributed by atoms with Crippen molar-refractivity contribution in [1.29, 1.82) is 0 Å². The normalized spacial score (nSPS) is 15.2. The molecular formula is C19H19NO3S2. The molecule has 0 N–H and O–H groups in total. The molecule has 0 spiro atoms. The Kier molecular flexibility index (Phi) is 6.69. The van der Waals surface area contributed by atoms with Crippen molar-refractivity contribution in [2.45, 2.75) is 5.25 Å². The first-order valence-electron chi connectivity index (χ1n) is 8.10. The molecule has 0 bridgehead atoms. The number of benzene rings is 2. The van der Waals surface area contributed by atoms with Gasteiger partial charge in [-0.3, -0.25) is 9.59 Å². The Morgan fingerprint density at radius 3 is 1.80 bits per heavy atom. The maximum absolute atomic E-state index is 12.9. The molecule has 0 amide bonds. The third-order valence-corrected chi connectivity index (χ3v) is 6.56. The van der Waals surface area contributed by atoms with Crippen LogP contribution in [0.25, 0.3) is 0 Å². The lowest BCUT2D eigenvalue weighted by atomic mass is 10.0. The number of Topliss-reactive ketones (excluding diaryl/α,β-unsaturated/α-hetero) is 2. The van der Waals surface area contributed by atoms with Gasteiger partial charge in [0.05, 0.1) is 13.2 Å². The molecule has 2 aromatic rings. The van der Waals surface area contributed by atoms with Crippen molar-refractivity contribution in [3.05, 3.63) is 71.8 Å². The summed E-state index contributed by atoms with van der Waals surface area (Å²) in [6, 6.07) is 18.0. The number of rotatable bonds is 7. The number of carbonyl (C=O) groups is 2. The highest BCUT2D eigenvalue weighted by molar-refractivity contribution is 8.76. The van der Waals surface area contributed by atoms with Crippen LogP contribution in [0, 0.1) is 0 Å². The predicted octanol–water partition coefficient (Wildman–Crippen LogP) is 3.75. The molecule has 0 aliphatic carbocycles. The van der Waals surface area contributed by atoms with E-state index in [0.717, 1.165) is 13.1 Å². The van der Waals surface area contributed by atoms with Gasteiger partial charge in [-0.15, -0.1) is 0 Å². The van der Waals surface area contributed by atoms with Crippen molar-refractivity contribution < 1.29 is 14.3 Å². The molecule has 0 saturated carbocycles. The molecule has 3 rings (SSSR count). The minimum Gasteiger partial charge on any atom is -0.379 e. The maximum Gasteiger partial charge on any atom is 0.184 e. The van der Waals surface area contributed by atoms with Crippen LogP contribution in [-0.4, -0.2) is 47.4 Å². The molecule has 0 aromatic heterocycles. The summed E-state index contributed by atoms with van der Waals surface area (Å²) in [5, 5.41) is -0.766. The number of ether oxygens (including phenoxy) is 1. The predicted molar refractivity (Wildman–Crippen MR) is 103 cm³/mol. The lowest BCUT2D eigenvalue weighted by Gasteiger charge is -2.26. The average molecular weight is 373 g/mol. The first-order chi connectivity index (χ1) is 12.3. The molecule has 4 nitrogen and oxygen atoms in total. The molecule has 130 valence electrons. The van der Waals surface area contributed by atoms with E-state index in [9.17, 15) is 9.59 Å². The zero-order chi connectivity index (χ0) is 17.5. The Hall–Kier alpha value is -1.60. The summed E-state index contributed by atoms with van der Waals surface area (Å²) in [5.41, 5.74) is 1.12. The van der Waals surface area contributed by atoms with Gasteiger partial charge in [-0.1, -0.05) is 71.5 Å². The Balaban J connectivity index is 1.77. The fourth-order valence-electron chi connectivity index (χ4n) is 2.44. The van der Waals surface area contributed by atoms with Gasteiger partial charge in [0.2, 0.25) is 0 Å². The molecule has 25 heavy (non-hydrogen) atoms. The average Bonchev–Trinajstić information content (AvgIpc) is 2.70. The summed E-state index contributed by atoms with van der Waals surface area (Å²) < 4.78 is 7.48. The third-order valence-electron chi connectivity index (χ3n) is 3.81. The van der Waals surface area contributed by atoms with Crippen molar-refractivity contribution in [2.24, 2.45) is 0 Å². The van der Waals surface area contributed by atoms with E-state index in [4.69, 9.17) is 4.74 Å². The van der Waals surface area contributed by atoms with E-state index >= 15 is 0 Å². The topological polar surface area (TPSA) is 46.6 Å². The SMILES string of the molecule is O=C(c1ccccc1)C(SSN1CCOCC1)C(=O)c1ccccc1. The van der Waals surface area contributed by atoms with Gasteiger partial charge in [-0.2, -0.15) is 0 Å². The lowest BCUT2D eigenvalue weighted by molar-refractivity contribution is 0.0779. The Morgan fingerprint density at radius 2 is 1.32 bits per heavy atom. The van der Waals surface area contributed by atoms with Crippen molar-refractivity contribution in [2.75, 3.05) is 26.3 Å². The van der Waals surface area contributed by atoms with Gasteiger partial charge in [-0.25, -0.2) is 4.31 Å². The second-order valence-corrected chi connectivity index (χ2v) is 7.91. The third kappa shape index (κ3) is 4.95. The summed E-state index contributed by atoms with van der Waals surface area (Å²) in [5.74, 6) is -0.305. The summed E-state index contributed by atoms with van der Waals surface area (Å²) in [7, 11) is 2.80. The van der Waals surface area contributed by atoms with E-state index in [1.165, 1.54) is 21.8 Å². The van der Waals surface area contributed by atoms with Crippen LogP contribution >= 0.6 is 21.8 Å². The number of ketones is 2. The second-order valence-electron chi connectivity index (χ2n) is 5.55. The molecule has 1 saturated heterocycles. The number of hydrogen-bond acceptors (Lipinski definition) is 6. The smallest absolute Gasteiger partial charge is 0.184 e. The fraction of sp³-hybridized carbons (Fsp3) is 0.263. The molecule has 0 atom stereocenters. The number of morpholine rings is 1. The van der Waals surface area contributed by atoms with E-state index in [1.54, 1.807) is 24.3 Å². The van der Waals surface area contributed by atoms with Gasteiger partial charge in [0.25, 0.3) is 0 Å². The Labute approximate surface area is 155 Å². The van der Waals surface area contributed by atoms with E-state index in [1.807, 2.05) is 36.4 Å². The van der Waals surface area contributed by atoms with Crippen LogP contribution in [0.4, 0.5) is 0 Å². The van der Waals surface area contributed by atoms with Crippen molar-refractivity contribution in [3.63, 3.8) is 0 Å². The van der Waals surface area contributed by atoms with Crippen LogP contribution in [-0.2, 0) is 4.74 Å². The number of hydrogen-bond donors (Lipinski definition) is 0. The highest BCUT2D eigenvalue weighted by Crippen LogP contribution is 2.34. The van der Waals surface area contributed by atoms with E-state index in [2.05, 4.69) is 4.31 Å². The first-order valence-corrected chi connectivity index (χ1v) is 10.3. The fourth-order valence-corrected chi connectivity index (χ4v) is 4.99. The van der Waals surface area contributed by atoms with Gasteiger partial charge in [0.1, 0.15) is 5.25 Å². The molecule has 0 radical (unpaired) electrons. The largest absolute Gasteiger partial charge is 0.379 e. The molecule has 1 heterocycles. The zero-order valence-corrected chi connectivity index (χ0v) is 15.3. The van der Waals surface area contributed by atoms with Crippen molar-refractivity contribution in [3.8, 4) is 0 Å². The summed E-state index contributed by atoms with van der Waals surface area (Å²) >= 11 is 0. The molecule has 1 fully saturated rings. The van der Waals surface area contributed by atoms with E-state index < -0.39 is 5.25 Å². The molecule has 0 unspecified atom stereocenters. The lowest BCUT2D eigenvalue weighted by Crippen LogP contribution is -2.32. The van der Waals surface area contributed by atoms with Crippen LogP contribution in [0.3, 0.4) is 0 Å². The Bertz CT molecular complexity index is 652. The molecule has 2 aromatic carbocycles. The number of carbonyl (C=O) groups excluding carboxylic acids is 2. The molecule has 1 aliphatic heterocycles. The second kappa shape index (κ2) is 9.20. The van der Waals surface area contributed by atoms with Crippen LogP contribution in [0.15, 0.2) is 60.7 Å². The van der Waals surface area contributed by atoms with Crippen LogP contribution < -0.4 is 0 Å². The minimum atomic E-state index is -0.766. The molecular weight excluding hydrogens is 354 g/mol. The van der Waals surface area contributed by atoms with Crippen LogP contribution in [0.1, 0.15) is 20.7 Å². The van der Waals surface area contributed by atoms with Crippen LogP contribution in [0.5, 0.6) is 0 Å². The quantitative estimate of drug-likeness (QED) is 0.319. The zero-order valence-electron chi connectivity index (χ0n) is 13.7. The minimum absolute atomic E-state index is 0.153. The first kappa shape index (κ1) is 18.2. The van der Waals surface area contributed by atoms with Crippen LogP contribution in [0.2, 0.25) is 0 Å². The maximum atomic E-state index is 12.9. The van der Waals surface area contributed by atoms with E-state index in [0.29, 0.717) is 24.3 Å². The van der Waals surface area contributed by atoms with Gasteiger partial charge >= 0.3 is 0 Å². The number of nitrogens with zero attached hydrogens (tertiary/aromatic N) is 1. The summed E-state index contributed by atoms with van der Waals surface area (Å²) in [6.45, 7) is 2.95. The monoisotopic (exact) mass is 373 g/mol. The summed E-state index contributed by atoms with van der Waals surface area (Å²) in [6.07, 6.45) is 0. The van der Waals surface area contributed by atoms with E-state index in [-0.39, 0.29) is 11.6 Å². The highest BCUT2D eigenvalue weighted by Gasteiger charge is 2.30. The van der Waals surface area contributed by atoms with Crippen molar-refractivity contribution >= 4 is 33.3 Å². The summed E-state index contributed by atoms with van der Waals surface area (Å²) in [4.78, 5) is 25.9. The van der Waals surface area contributed by atoms with Crippen molar-refractivity contribution in [1.82, 2.24) is 4.31 Å². The Morgan fingerprint density at radius 1 is 0.840 bits per heavy atom. The van der Waals surface area contributed by atoms with Gasteiger partial charge < -0.3 is 4.74 Å². The standard InChI is InChI=1S/C19H19NO3S2/c21-17(15-7-3-1-4-8-15)19(18(22)16-9-5-2-6-10-16)24-25-20-11-13-23-14-12-20/h1-10,19H,11-14H2. The van der Waals surface area contributed by atoms with Gasteiger partial charge in [0, 0.05) is 24.2 Å². The molecule has 6 heteroatoms. The van der Waals surface area contributed by atoms with Gasteiger partial charge in [-0.05, 0) is 11.0 Å². The molecule has 1 aliphatic rings. The highest BCUT2D eigenvalue weighted by atomic mass is 33.1. The van der Waals surface area contributed by atoms with Gasteiger partial charge in [0.15, 0.2) is 11.6 Å².